The van der Waals surface area contributed by atoms with Gasteiger partial charge >= 0.3 is 7.69 Å². The van der Waals surface area contributed by atoms with E-state index in [4.69, 9.17) is 13.7 Å². The zero-order valence-electron chi connectivity index (χ0n) is 7.32. The lowest BCUT2D eigenvalue weighted by molar-refractivity contribution is 0.365. The number of hydrogen-bond acceptors (Lipinski definition) is 3. The van der Waals surface area contributed by atoms with Crippen LogP contribution in [0.2, 0.25) is 0 Å². The van der Waals surface area contributed by atoms with Crippen LogP contribution in [0, 0.1) is 0 Å². The molecule has 0 amide bonds. The first-order chi connectivity index (χ1) is 6.42. The van der Waals surface area contributed by atoms with Crippen LogP contribution in [0.15, 0.2) is 34.9 Å². The first-order valence-electron chi connectivity index (χ1n) is 4.00. The summed E-state index contributed by atoms with van der Waals surface area (Å²) in [6, 6.07) is 7.71. The summed E-state index contributed by atoms with van der Waals surface area (Å²) in [7, 11) is 1.83. The molecule has 0 fully saturated rings. The van der Waals surface area contributed by atoms with E-state index in [9.17, 15) is 0 Å². The van der Waals surface area contributed by atoms with Gasteiger partial charge in [-0.05, 0) is 12.1 Å². The third kappa shape index (κ3) is 1.53. The lowest BCUT2D eigenvalue weighted by atomic mass is 10.2. The summed E-state index contributed by atoms with van der Waals surface area (Å²) in [6.45, 7) is 0. The summed E-state index contributed by atoms with van der Waals surface area (Å²) in [6.07, 6.45) is 1.59. The molecule has 1 aromatic heterocycles. The zero-order chi connectivity index (χ0) is 9.10. The highest BCUT2D eigenvalue weighted by Crippen LogP contribution is 2.26. The third-order valence-corrected chi connectivity index (χ3v) is 1.78. The normalized spacial score (nSPS) is 10.2. The number of benzene rings is 1. The molecular weight excluding hydrogens is 167 g/mol. The minimum atomic E-state index is 0.240. The van der Waals surface area contributed by atoms with Crippen LogP contribution in [0.3, 0.4) is 0 Å². The van der Waals surface area contributed by atoms with E-state index in [2.05, 4.69) is 0 Å². The van der Waals surface area contributed by atoms with Crippen LogP contribution in [0.4, 0.5) is 0 Å². The highest BCUT2D eigenvalue weighted by molar-refractivity contribution is 6.19. The van der Waals surface area contributed by atoms with Crippen LogP contribution in [-0.4, -0.2) is 14.8 Å². The Hall–Kier alpha value is -1.42. The predicted octanol–water partition coefficient (Wildman–Crippen LogP) is 1.72. The van der Waals surface area contributed by atoms with Crippen LogP contribution >= 0.6 is 0 Å². The van der Waals surface area contributed by atoms with Crippen molar-refractivity contribution in [3.05, 3.63) is 30.5 Å². The van der Waals surface area contributed by atoms with Crippen molar-refractivity contribution in [2.75, 3.05) is 7.11 Å². The van der Waals surface area contributed by atoms with Gasteiger partial charge in [-0.15, -0.1) is 0 Å². The van der Waals surface area contributed by atoms with Gasteiger partial charge in [-0.3, -0.25) is 0 Å². The van der Waals surface area contributed by atoms with E-state index in [0.29, 0.717) is 0 Å². The molecule has 0 bridgehead atoms. The van der Waals surface area contributed by atoms with Gasteiger partial charge in [-0.1, -0.05) is 12.1 Å². The summed E-state index contributed by atoms with van der Waals surface area (Å²) in [4.78, 5) is 0. The molecule has 0 unspecified atom stereocenters. The van der Waals surface area contributed by atoms with Crippen molar-refractivity contribution >= 4 is 18.7 Å². The number of rotatable bonds is 3. The second-order valence-corrected chi connectivity index (χ2v) is 2.65. The van der Waals surface area contributed by atoms with Gasteiger partial charge in [0.2, 0.25) is 0 Å². The largest absolute Gasteiger partial charge is 0.536 e. The maximum Gasteiger partial charge on any atom is 0.506 e. The quantitative estimate of drug-likeness (QED) is 0.667. The van der Waals surface area contributed by atoms with Crippen molar-refractivity contribution in [3.63, 3.8) is 0 Å². The Kier molecular flexibility index (Phi) is 2.23. The van der Waals surface area contributed by atoms with Crippen molar-refractivity contribution in [3.8, 4) is 5.75 Å². The zero-order valence-corrected chi connectivity index (χ0v) is 7.32. The van der Waals surface area contributed by atoms with Crippen molar-refractivity contribution in [2.24, 2.45) is 0 Å². The van der Waals surface area contributed by atoms with Crippen molar-refractivity contribution in [2.45, 2.75) is 0 Å². The van der Waals surface area contributed by atoms with Crippen molar-refractivity contribution in [1.82, 2.24) is 0 Å². The van der Waals surface area contributed by atoms with E-state index in [1.165, 1.54) is 0 Å². The van der Waals surface area contributed by atoms with Crippen LogP contribution in [0.25, 0.3) is 11.0 Å². The van der Waals surface area contributed by atoms with Crippen molar-refractivity contribution in [1.29, 1.82) is 0 Å². The fourth-order valence-corrected chi connectivity index (χ4v) is 1.19. The number of hydrogen-bond donors (Lipinski definition) is 0. The van der Waals surface area contributed by atoms with Crippen LogP contribution in [-0.2, 0) is 4.65 Å². The first-order valence-corrected chi connectivity index (χ1v) is 4.00. The monoisotopic (exact) mass is 176 g/mol. The molecule has 0 N–H and O–H groups in total. The predicted molar refractivity (Wildman–Crippen MR) is 51.0 cm³/mol. The van der Waals surface area contributed by atoms with Gasteiger partial charge in [-0.25, -0.2) is 0 Å². The smallest absolute Gasteiger partial charge is 0.506 e. The molecular formula is C9H9BO3. The molecule has 4 heteroatoms. The van der Waals surface area contributed by atoms with Gasteiger partial charge in [0.05, 0.1) is 5.39 Å². The highest BCUT2D eigenvalue weighted by atomic mass is 16.6. The molecule has 0 atom stereocenters. The number of furan rings is 1. The van der Waals surface area contributed by atoms with E-state index in [1.807, 2.05) is 24.3 Å². The van der Waals surface area contributed by atoms with Gasteiger partial charge in [-0.2, -0.15) is 0 Å². The summed E-state index contributed by atoms with van der Waals surface area (Å²) in [5.74, 6) is 0.720. The van der Waals surface area contributed by atoms with Crippen LogP contribution in [0.1, 0.15) is 0 Å². The lowest BCUT2D eigenvalue weighted by Crippen LogP contribution is -2.03. The van der Waals surface area contributed by atoms with Crippen LogP contribution in [0.5, 0.6) is 5.75 Å². The minimum Gasteiger partial charge on any atom is -0.536 e. The molecule has 13 heavy (non-hydrogen) atoms. The molecule has 0 radical (unpaired) electrons. The van der Waals surface area contributed by atoms with Gasteiger partial charge in [0.15, 0.2) is 0 Å². The average molecular weight is 176 g/mol. The maximum absolute atomic E-state index is 5.29. The van der Waals surface area contributed by atoms with E-state index < -0.39 is 0 Å². The number of para-hydroxylation sites is 1. The Morgan fingerprint density at radius 3 is 3.00 bits per heavy atom. The second-order valence-electron chi connectivity index (χ2n) is 2.65. The summed E-state index contributed by atoms with van der Waals surface area (Å²) >= 11 is 0. The highest BCUT2D eigenvalue weighted by Gasteiger charge is 2.05. The van der Waals surface area contributed by atoms with Gasteiger partial charge in [0.25, 0.3) is 0 Å². The SMILES string of the molecule is COBOc1coc2ccccc12. The van der Waals surface area contributed by atoms with Crippen LogP contribution < -0.4 is 4.65 Å². The Bertz CT molecular complexity index is 396. The summed E-state index contributed by atoms with van der Waals surface area (Å²) in [5.41, 5.74) is 0.827. The van der Waals surface area contributed by atoms with Gasteiger partial charge < -0.3 is 13.7 Å². The molecule has 0 saturated carbocycles. The maximum atomic E-state index is 5.29. The first kappa shape index (κ1) is 8.20. The van der Waals surface area contributed by atoms with E-state index >= 15 is 0 Å². The Morgan fingerprint density at radius 1 is 1.31 bits per heavy atom. The van der Waals surface area contributed by atoms with Crippen molar-refractivity contribution < 1.29 is 13.7 Å². The fourth-order valence-electron chi connectivity index (χ4n) is 1.19. The van der Waals surface area contributed by atoms with E-state index in [1.54, 1.807) is 13.4 Å². The topological polar surface area (TPSA) is 31.6 Å². The molecule has 3 nitrogen and oxygen atoms in total. The molecule has 0 aliphatic heterocycles. The Morgan fingerprint density at radius 2 is 2.15 bits per heavy atom. The van der Waals surface area contributed by atoms with E-state index in [-0.39, 0.29) is 7.69 Å². The minimum absolute atomic E-state index is 0.240. The Labute approximate surface area is 76.6 Å². The molecule has 0 saturated heterocycles. The molecule has 2 rings (SSSR count). The number of fused-ring (bicyclic) bond motifs is 1. The molecule has 1 heterocycles. The van der Waals surface area contributed by atoms with E-state index in [0.717, 1.165) is 16.7 Å². The van der Waals surface area contributed by atoms with Gasteiger partial charge in [0, 0.05) is 7.11 Å². The molecule has 0 aliphatic carbocycles. The lowest BCUT2D eigenvalue weighted by Gasteiger charge is -1.98. The average Bonchev–Trinajstić information content (AvgIpc) is 2.58. The molecule has 66 valence electrons. The third-order valence-electron chi connectivity index (χ3n) is 1.78. The molecule has 2 aromatic rings. The fraction of sp³-hybridized carbons (Fsp3) is 0.111. The van der Waals surface area contributed by atoms with Gasteiger partial charge in [0.1, 0.15) is 17.6 Å². The second kappa shape index (κ2) is 3.54. The summed E-state index contributed by atoms with van der Waals surface area (Å²) in [5, 5.41) is 0.972. The summed E-state index contributed by atoms with van der Waals surface area (Å²) < 4.78 is 15.4. The Balaban J connectivity index is 2.35. The molecule has 1 aromatic carbocycles. The molecule has 0 spiro atoms. The standard InChI is InChI=1S/C9H9BO3/c1-11-10-13-9-6-12-8-5-3-2-4-7(8)9/h2-6,10H,1H3. The molecule has 0 aliphatic rings.